The van der Waals surface area contributed by atoms with Gasteiger partial charge in [0.1, 0.15) is 0 Å². The maximum Gasteiger partial charge on any atom is 0.363 e. The van der Waals surface area contributed by atoms with Crippen molar-refractivity contribution in [1.82, 2.24) is 0 Å². The van der Waals surface area contributed by atoms with E-state index in [-0.39, 0.29) is 0 Å². The van der Waals surface area contributed by atoms with Crippen molar-refractivity contribution in [3.8, 4) is 0 Å². The van der Waals surface area contributed by atoms with Crippen LogP contribution in [0.15, 0.2) is 64.6 Å². The van der Waals surface area contributed by atoms with Gasteiger partial charge in [0.2, 0.25) is 5.90 Å². The molecule has 1 aromatic carbocycles. The van der Waals surface area contributed by atoms with E-state index in [2.05, 4.69) is 4.99 Å². The number of esters is 1. The summed E-state index contributed by atoms with van der Waals surface area (Å²) in [6, 6.07) is 13.6. The summed E-state index contributed by atoms with van der Waals surface area (Å²) >= 11 is 1.55. The van der Waals surface area contributed by atoms with Crippen LogP contribution < -0.4 is 0 Å². The Morgan fingerprint density at radius 1 is 1.05 bits per heavy atom. The average Bonchev–Trinajstić information content (AvgIpc) is 3.09. The number of carbonyl (C=O) groups excluding carboxylic acids is 1. The molecule has 98 valence electrons. The third kappa shape index (κ3) is 2.92. The van der Waals surface area contributed by atoms with Crippen LogP contribution in [0.3, 0.4) is 0 Å². The molecule has 0 amide bonds. The van der Waals surface area contributed by atoms with Gasteiger partial charge in [-0.1, -0.05) is 36.4 Å². The van der Waals surface area contributed by atoms with Crippen LogP contribution in [0.2, 0.25) is 0 Å². The SMILES string of the molecule is O=C1OC(/C=C\c2ccccc2)=NC/1=C\c1cccs1. The van der Waals surface area contributed by atoms with E-state index in [0.717, 1.165) is 10.4 Å². The number of hydrogen-bond acceptors (Lipinski definition) is 4. The van der Waals surface area contributed by atoms with Crippen molar-refractivity contribution >= 4 is 35.4 Å². The summed E-state index contributed by atoms with van der Waals surface area (Å²) in [4.78, 5) is 16.9. The minimum absolute atomic E-state index is 0.321. The normalized spacial score (nSPS) is 16.7. The van der Waals surface area contributed by atoms with E-state index in [0.29, 0.717) is 11.6 Å². The Labute approximate surface area is 120 Å². The number of hydrogen-bond donors (Lipinski definition) is 0. The van der Waals surface area contributed by atoms with Gasteiger partial charge in [-0.15, -0.1) is 11.3 Å². The zero-order chi connectivity index (χ0) is 13.8. The molecule has 0 unspecified atom stereocenters. The maximum absolute atomic E-state index is 11.7. The second kappa shape index (κ2) is 5.67. The van der Waals surface area contributed by atoms with Crippen LogP contribution in [0.4, 0.5) is 0 Å². The molecule has 0 radical (unpaired) electrons. The van der Waals surface area contributed by atoms with E-state index >= 15 is 0 Å². The first kappa shape index (κ1) is 12.6. The van der Waals surface area contributed by atoms with Gasteiger partial charge in [0.15, 0.2) is 5.70 Å². The molecule has 1 aromatic heterocycles. The van der Waals surface area contributed by atoms with Crippen LogP contribution in [0.1, 0.15) is 10.4 Å². The van der Waals surface area contributed by atoms with Gasteiger partial charge in [-0.3, -0.25) is 0 Å². The molecule has 0 bridgehead atoms. The smallest absolute Gasteiger partial charge is 0.363 e. The molecule has 1 aliphatic heterocycles. The van der Waals surface area contributed by atoms with E-state index in [4.69, 9.17) is 4.74 Å². The Bertz CT molecular complexity index is 697. The summed E-state index contributed by atoms with van der Waals surface area (Å²) in [7, 11) is 0. The van der Waals surface area contributed by atoms with Crippen LogP contribution in [0.5, 0.6) is 0 Å². The van der Waals surface area contributed by atoms with Crippen molar-refractivity contribution in [1.29, 1.82) is 0 Å². The molecule has 0 spiro atoms. The molecule has 0 atom stereocenters. The van der Waals surface area contributed by atoms with Crippen LogP contribution in [-0.2, 0) is 9.53 Å². The third-order valence-electron chi connectivity index (χ3n) is 2.68. The predicted molar refractivity (Wildman–Crippen MR) is 81.3 cm³/mol. The van der Waals surface area contributed by atoms with Crippen molar-refractivity contribution in [2.24, 2.45) is 4.99 Å². The largest absolute Gasteiger partial charge is 0.403 e. The van der Waals surface area contributed by atoms with Gasteiger partial charge in [-0.2, -0.15) is 0 Å². The molecule has 2 aromatic rings. The standard InChI is InChI=1S/C16H11NO2S/c18-16-14(11-13-7-4-10-20-13)17-15(19-16)9-8-12-5-2-1-3-6-12/h1-11H/b9-8-,14-11-. The highest BCUT2D eigenvalue weighted by molar-refractivity contribution is 7.10. The third-order valence-corrected chi connectivity index (χ3v) is 3.50. The summed E-state index contributed by atoms with van der Waals surface area (Å²) in [6.07, 6.45) is 5.29. The number of nitrogens with zero attached hydrogens (tertiary/aromatic N) is 1. The molecule has 0 N–H and O–H groups in total. The second-order valence-corrected chi connectivity index (χ2v) is 5.11. The Morgan fingerprint density at radius 3 is 2.65 bits per heavy atom. The zero-order valence-corrected chi connectivity index (χ0v) is 11.3. The number of benzene rings is 1. The number of carbonyl (C=O) groups is 1. The first-order valence-corrected chi connectivity index (χ1v) is 6.98. The first-order valence-electron chi connectivity index (χ1n) is 6.10. The Balaban J connectivity index is 1.79. The number of ether oxygens (including phenoxy) is 1. The topological polar surface area (TPSA) is 38.7 Å². The van der Waals surface area contributed by atoms with Gasteiger partial charge in [0.25, 0.3) is 0 Å². The molecule has 3 nitrogen and oxygen atoms in total. The van der Waals surface area contributed by atoms with E-state index in [1.165, 1.54) is 0 Å². The average molecular weight is 281 g/mol. The molecule has 2 heterocycles. The maximum atomic E-state index is 11.7. The predicted octanol–water partition coefficient (Wildman–Crippen LogP) is 3.76. The van der Waals surface area contributed by atoms with Crippen molar-refractivity contribution in [2.75, 3.05) is 0 Å². The molecule has 4 heteroatoms. The number of thiophene rings is 1. The summed E-state index contributed by atoms with van der Waals surface area (Å²) in [6.45, 7) is 0. The lowest BCUT2D eigenvalue weighted by molar-refractivity contribution is -0.129. The van der Waals surface area contributed by atoms with Gasteiger partial charge in [0, 0.05) is 11.0 Å². The molecule has 0 aliphatic carbocycles. The van der Waals surface area contributed by atoms with Crippen LogP contribution >= 0.6 is 11.3 Å². The van der Waals surface area contributed by atoms with Gasteiger partial charge in [-0.25, -0.2) is 9.79 Å². The molecule has 0 saturated heterocycles. The van der Waals surface area contributed by atoms with E-state index in [1.54, 1.807) is 23.5 Å². The fraction of sp³-hybridized carbons (Fsp3) is 0. The summed E-state index contributed by atoms with van der Waals surface area (Å²) in [5.74, 6) is -0.0900. The minimum atomic E-state index is -0.411. The van der Waals surface area contributed by atoms with Gasteiger partial charge in [0.05, 0.1) is 0 Å². The van der Waals surface area contributed by atoms with Gasteiger partial charge >= 0.3 is 5.97 Å². The highest BCUT2D eigenvalue weighted by atomic mass is 32.1. The lowest BCUT2D eigenvalue weighted by atomic mass is 10.2. The molecule has 1 aliphatic rings. The van der Waals surface area contributed by atoms with Crippen molar-refractivity contribution in [3.63, 3.8) is 0 Å². The molecular weight excluding hydrogens is 270 g/mol. The van der Waals surface area contributed by atoms with Gasteiger partial charge in [-0.05, 0) is 29.2 Å². The van der Waals surface area contributed by atoms with Crippen LogP contribution in [0.25, 0.3) is 12.2 Å². The molecule has 0 saturated carbocycles. The molecule has 3 rings (SSSR count). The quantitative estimate of drug-likeness (QED) is 0.634. The van der Waals surface area contributed by atoms with E-state index in [1.807, 2.05) is 53.9 Å². The Hall–Kier alpha value is -2.46. The van der Waals surface area contributed by atoms with Crippen molar-refractivity contribution in [2.45, 2.75) is 0 Å². The molecule has 20 heavy (non-hydrogen) atoms. The minimum Gasteiger partial charge on any atom is -0.403 e. The second-order valence-electron chi connectivity index (χ2n) is 4.13. The first-order chi connectivity index (χ1) is 9.81. The Morgan fingerprint density at radius 2 is 1.90 bits per heavy atom. The monoisotopic (exact) mass is 281 g/mol. The fourth-order valence-electron chi connectivity index (χ4n) is 1.74. The number of cyclic esters (lactones) is 1. The fourth-order valence-corrected chi connectivity index (χ4v) is 2.39. The number of aliphatic imine (C=N–C) groups is 1. The lowest BCUT2D eigenvalue weighted by Crippen LogP contribution is -2.00. The van der Waals surface area contributed by atoms with Gasteiger partial charge < -0.3 is 4.74 Å². The van der Waals surface area contributed by atoms with Crippen LogP contribution in [0, 0.1) is 0 Å². The summed E-state index contributed by atoms with van der Waals surface area (Å²) in [5.41, 5.74) is 1.36. The summed E-state index contributed by atoms with van der Waals surface area (Å²) in [5, 5.41) is 1.95. The molecule has 0 fully saturated rings. The van der Waals surface area contributed by atoms with Crippen molar-refractivity contribution < 1.29 is 9.53 Å². The highest BCUT2D eigenvalue weighted by Gasteiger charge is 2.21. The lowest BCUT2D eigenvalue weighted by Gasteiger charge is -1.92. The summed E-state index contributed by atoms with van der Waals surface area (Å²) < 4.78 is 5.11. The van der Waals surface area contributed by atoms with E-state index in [9.17, 15) is 4.79 Å². The Kier molecular flexibility index (Phi) is 3.56. The molecular formula is C16H11NO2S. The van der Waals surface area contributed by atoms with E-state index < -0.39 is 5.97 Å². The number of rotatable bonds is 3. The van der Waals surface area contributed by atoms with Crippen LogP contribution in [-0.4, -0.2) is 11.9 Å². The highest BCUT2D eigenvalue weighted by Crippen LogP contribution is 2.19. The zero-order valence-electron chi connectivity index (χ0n) is 10.5. The van der Waals surface area contributed by atoms with Crippen molar-refractivity contribution in [3.05, 3.63) is 70.1 Å².